The maximum Gasteiger partial charge on any atom is 0.327 e. The molecule has 2 N–H and O–H groups in total. The molecule has 0 aliphatic rings. The van der Waals surface area contributed by atoms with E-state index in [4.69, 9.17) is 11.5 Å². The zero-order valence-corrected chi connectivity index (χ0v) is 9.52. The summed E-state index contributed by atoms with van der Waals surface area (Å²) < 4.78 is 13.3. The first-order valence-electron chi connectivity index (χ1n) is 5.23. The van der Waals surface area contributed by atoms with Crippen molar-refractivity contribution in [2.75, 3.05) is 0 Å². The van der Waals surface area contributed by atoms with Gasteiger partial charge in [-0.25, -0.2) is 9.18 Å². The molecule has 5 heteroatoms. The van der Waals surface area contributed by atoms with Crippen LogP contribution in [0.5, 0.6) is 0 Å². The quantitative estimate of drug-likeness (QED) is 0.764. The SMILES string of the molecule is C#CCC(NC(=O)Cc1ccccc1F)C(=O)O. The van der Waals surface area contributed by atoms with Gasteiger partial charge in [-0.15, -0.1) is 12.3 Å². The highest BCUT2D eigenvalue weighted by molar-refractivity contribution is 5.85. The second-order valence-electron chi connectivity index (χ2n) is 3.63. The van der Waals surface area contributed by atoms with Crippen LogP contribution in [0.4, 0.5) is 4.39 Å². The molecule has 0 saturated heterocycles. The third kappa shape index (κ3) is 3.91. The van der Waals surface area contributed by atoms with E-state index in [2.05, 4.69) is 11.2 Å². The molecule has 0 fully saturated rings. The summed E-state index contributed by atoms with van der Waals surface area (Å²) in [5.74, 6) is -0.137. The highest BCUT2D eigenvalue weighted by Crippen LogP contribution is 2.07. The van der Waals surface area contributed by atoms with E-state index < -0.39 is 23.7 Å². The molecule has 1 aromatic carbocycles. The largest absolute Gasteiger partial charge is 0.480 e. The number of nitrogens with one attached hydrogen (secondary N) is 1. The van der Waals surface area contributed by atoms with Crippen molar-refractivity contribution < 1.29 is 19.1 Å². The van der Waals surface area contributed by atoms with E-state index in [9.17, 15) is 14.0 Å². The van der Waals surface area contributed by atoms with Gasteiger partial charge in [0.15, 0.2) is 0 Å². The van der Waals surface area contributed by atoms with Crippen LogP contribution < -0.4 is 5.32 Å². The van der Waals surface area contributed by atoms with E-state index >= 15 is 0 Å². The molecule has 1 atom stereocenters. The predicted molar refractivity (Wildman–Crippen MR) is 63.1 cm³/mol. The Labute approximate surface area is 104 Å². The number of carboxylic acid groups (broad SMARTS) is 1. The van der Waals surface area contributed by atoms with Crippen LogP contribution in [0, 0.1) is 18.2 Å². The zero-order valence-electron chi connectivity index (χ0n) is 9.52. The fourth-order valence-electron chi connectivity index (χ4n) is 1.38. The standard InChI is InChI=1S/C13H12FNO3/c1-2-5-11(13(17)18)15-12(16)8-9-6-3-4-7-10(9)14/h1,3-4,6-7,11H,5,8H2,(H,15,16)(H,17,18). The Hall–Kier alpha value is -2.35. The molecule has 0 radical (unpaired) electrons. The third-order valence-electron chi connectivity index (χ3n) is 2.26. The molecule has 4 nitrogen and oxygen atoms in total. The highest BCUT2D eigenvalue weighted by Gasteiger charge is 2.19. The number of hydrogen-bond donors (Lipinski definition) is 2. The number of benzene rings is 1. The predicted octanol–water partition coefficient (Wildman–Crippen LogP) is 0.961. The van der Waals surface area contributed by atoms with Gasteiger partial charge >= 0.3 is 5.97 Å². The number of aliphatic carboxylic acids is 1. The van der Waals surface area contributed by atoms with E-state index in [1.54, 1.807) is 6.07 Å². The van der Waals surface area contributed by atoms with Crippen LogP contribution in [-0.2, 0) is 16.0 Å². The first-order chi connectivity index (χ1) is 8.54. The Morgan fingerprint density at radius 2 is 2.11 bits per heavy atom. The minimum absolute atomic E-state index is 0.113. The summed E-state index contributed by atoms with van der Waals surface area (Å²) in [6, 6.07) is 4.66. The van der Waals surface area contributed by atoms with Crippen molar-refractivity contribution in [1.82, 2.24) is 5.32 Å². The van der Waals surface area contributed by atoms with Crippen LogP contribution in [0.25, 0.3) is 0 Å². The molecule has 1 rings (SSSR count). The number of halogens is 1. The molecular formula is C13H12FNO3. The Kier molecular flexibility index (Phi) is 4.88. The molecule has 0 bridgehead atoms. The summed E-state index contributed by atoms with van der Waals surface area (Å²) in [6.45, 7) is 0. The third-order valence-corrected chi connectivity index (χ3v) is 2.26. The van der Waals surface area contributed by atoms with Crippen molar-refractivity contribution in [3.8, 4) is 12.3 Å². The van der Waals surface area contributed by atoms with Gasteiger partial charge in [0.05, 0.1) is 6.42 Å². The average Bonchev–Trinajstić information content (AvgIpc) is 2.31. The second kappa shape index (κ2) is 6.40. The summed E-state index contributed by atoms with van der Waals surface area (Å²) in [5.41, 5.74) is 0.208. The van der Waals surface area contributed by atoms with Gasteiger partial charge in [0.25, 0.3) is 0 Å². The lowest BCUT2D eigenvalue weighted by Gasteiger charge is -2.11. The second-order valence-corrected chi connectivity index (χ2v) is 3.63. The number of carbonyl (C=O) groups is 2. The minimum Gasteiger partial charge on any atom is -0.480 e. The lowest BCUT2D eigenvalue weighted by Crippen LogP contribution is -2.41. The number of carboxylic acids is 1. The summed E-state index contributed by atoms with van der Waals surface area (Å²) in [4.78, 5) is 22.3. The molecule has 1 amide bonds. The maximum absolute atomic E-state index is 13.3. The van der Waals surface area contributed by atoms with Crippen molar-refractivity contribution in [3.05, 3.63) is 35.6 Å². The molecule has 1 unspecified atom stereocenters. The number of rotatable bonds is 5. The molecular weight excluding hydrogens is 237 g/mol. The first-order valence-corrected chi connectivity index (χ1v) is 5.23. The van der Waals surface area contributed by atoms with Crippen molar-refractivity contribution in [2.45, 2.75) is 18.9 Å². The Bertz CT molecular complexity index is 493. The molecule has 0 aliphatic heterocycles. The molecule has 0 heterocycles. The van der Waals surface area contributed by atoms with Crippen LogP contribution >= 0.6 is 0 Å². The van der Waals surface area contributed by atoms with E-state index in [0.29, 0.717) is 0 Å². The van der Waals surface area contributed by atoms with Crippen LogP contribution in [0.2, 0.25) is 0 Å². The van der Waals surface area contributed by atoms with Gasteiger partial charge in [0.2, 0.25) is 5.91 Å². The van der Waals surface area contributed by atoms with Gasteiger partial charge in [-0.2, -0.15) is 0 Å². The van der Waals surface area contributed by atoms with E-state index in [1.807, 2.05) is 0 Å². The summed E-state index contributed by atoms with van der Waals surface area (Å²) in [7, 11) is 0. The number of terminal acetylenes is 1. The van der Waals surface area contributed by atoms with Crippen molar-refractivity contribution in [1.29, 1.82) is 0 Å². The van der Waals surface area contributed by atoms with Gasteiger partial charge < -0.3 is 10.4 Å². The number of hydrogen-bond acceptors (Lipinski definition) is 2. The van der Waals surface area contributed by atoms with Crippen LogP contribution in [-0.4, -0.2) is 23.0 Å². The summed E-state index contributed by atoms with van der Waals surface area (Å²) in [5, 5.41) is 11.0. The van der Waals surface area contributed by atoms with Crippen LogP contribution in [0.1, 0.15) is 12.0 Å². The fourth-order valence-corrected chi connectivity index (χ4v) is 1.38. The van der Waals surface area contributed by atoms with Gasteiger partial charge in [-0.1, -0.05) is 18.2 Å². The topological polar surface area (TPSA) is 66.4 Å². The van der Waals surface area contributed by atoms with E-state index in [0.717, 1.165) is 0 Å². The number of amides is 1. The zero-order chi connectivity index (χ0) is 13.5. The molecule has 0 spiro atoms. The fraction of sp³-hybridized carbons (Fsp3) is 0.231. The Morgan fingerprint density at radius 3 is 2.67 bits per heavy atom. The maximum atomic E-state index is 13.3. The minimum atomic E-state index is -1.21. The first kappa shape index (κ1) is 13.7. The van der Waals surface area contributed by atoms with E-state index in [-0.39, 0.29) is 18.4 Å². The average molecular weight is 249 g/mol. The molecule has 0 saturated carbocycles. The normalized spacial score (nSPS) is 11.3. The molecule has 1 aromatic rings. The lowest BCUT2D eigenvalue weighted by molar-refractivity contribution is -0.141. The van der Waals surface area contributed by atoms with Crippen molar-refractivity contribution >= 4 is 11.9 Å². The molecule has 94 valence electrons. The summed E-state index contributed by atoms with van der Waals surface area (Å²) in [6.07, 6.45) is 4.66. The van der Waals surface area contributed by atoms with Gasteiger partial charge in [-0.3, -0.25) is 4.79 Å². The van der Waals surface area contributed by atoms with Gasteiger partial charge in [-0.05, 0) is 11.6 Å². The van der Waals surface area contributed by atoms with E-state index in [1.165, 1.54) is 18.2 Å². The van der Waals surface area contributed by atoms with Crippen LogP contribution in [0.15, 0.2) is 24.3 Å². The molecule has 0 aromatic heterocycles. The monoisotopic (exact) mass is 249 g/mol. The van der Waals surface area contributed by atoms with Gasteiger partial charge in [0, 0.05) is 6.42 Å². The summed E-state index contributed by atoms with van der Waals surface area (Å²) >= 11 is 0. The molecule has 18 heavy (non-hydrogen) atoms. The lowest BCUT2D eigenvalue weighted by atomic mass is 10.1. The highest BCUT2D eigenvalue weighted by atomic mass is 19.1. The van der Waals surface area contributed by atoms with Crippen LogP contribution in [0.3, 0.4) is 0 Å². The van der Waals surface area contributed by atoms with Crippen molar-refractivity contribution in [2.24, 2.45) is 0 Å². The smallest absolute Gasteiger partial charge is 0.327 e. The number of carbonyl (C=O) groups excluding carboxylic acids is 1. The Morgan fingerprint density at radius 1 is 1.44 bits per heavy atom. The molecule has 0 aliphatic carbocycles. The van der Waals surface area contributed by atoms with Gasteiger partial charge in [0.1, 0.15) is 11.9 Å². The van der Waals surface area contributed by atoms with Crippen molar-refractivity contribution in [3.63, 3.8) is 0 Å². The Balaban J connectivity index is 2.64.